The maximum atomic E-state index is 9.70. The summed E-state index contributed by atoms with van der Waals surface area (Å²) in [6, 6.07) is 0. The van der Waals surface area contributed by atoms with Crippen LogP contribution in [0.15, 0.2) is 0 Å². The summed E-state index contributed by atoms with van der Waals surface area (Å²) in [5.41, 5.74) is 0. The van der Waals surface area contributed by atoms with E-state index in [0.29, 0.717) is 0 Å². The van der Waals surface area contributed by atoms with Crippen LogP contribution in [0.4, 0.5) is 0 Å². The normalized spacial score (nSPS) is 11.7. The fourth-order valence-electron chi connectivity index (χ4n) is 0.254. The third kappa shape index (κ3) is 27.3. The van der Waals surface area contributed by atoms with Crippen LogP contribution in [0.25, 0.3) is 0 Å². The number of hydrogen-bond donors (Lipinski definition) is 1. The second-order valence-corrected chi connectivity index (χ2v) is 2.67. The zero-order valence-electron chi connectivity index (χ0n) is 9.08. The number of rotatable bonds is 5. The molecule has 0 heterocycles. The van der Waals surface area contributed by atoms with E-state index < -0.39 is 29.4 Å². The molecule has 1 N–H and O–H groups in total. The molecule has 3 atom stereocenters. The van der Waals surface area contributed by atoms with Gasteiger partial charge in [-0.25, -0.2) is 0 Å². The molecular weight excluding hydrogens is 290 g/mol. The Bertz CT molecular complexity index is 169. The Hall–Kier alpha value is 4.00. The third-order valence-corrected chi connectivity index (χ3v) is 1.31. The fraction of sp³-hybridized carbons (Fsp3) is 1.00. The van der Waals surface area contributed by atoms with Gasteiger partial charge in [0.15, 0.2) is 6.61 Å². The summed E-state index contributed by atoms with van der Waals surface area (Å²) in [7, 11) is -6.29. The van der Waals surface area contributed by atoms with E-state index in [1.165, 1.54) is 0 Å². The Kier molecular flexibility index (Phi) is 42.5. The molecule has 0 aliphatic heterocycles. The van der Waals surface area contributed by atoms with Crippen LogP contribution < -0.4 is 128 Å². The number of aliphatic hydroxyl groups excluding tert-OH is 1. The topological polar surface area (TPSA) is 119 Å². The van der Waals surface area contributed by atoms with E-state index >= 15 is 0 Å². The van der Waals surface area contributed by atoms with Crippen LogP contribution in [-0.2, 0) is 18.2 Å². The minimum absolute atomic E-state index is 0. The molecule has 0 saturated carbocycles. The van der Waals surface area contributed by atoms with Gasteiger partial charge in [0.1, 0.15) is 0 Å². The van der Waals surface area contributed by atoms with Crippen molar-refractivity contribution in [2.75, 3.05) is 6.61 Å². The smallest absolute Gasteiger partial charge is 0.566 e. The second-order valence-electron chi connectivity index (χ2n) is 1.30. The Morgan fingerprint density at radius 1 is 1.07 bits per heavy atom. The van der Waals surface area contributed by atoms with Crippen LogP contribution in [0.1, 0.15) is 0 Å². The molecule has 0 radical (unpaired) electrons. The predicted molar refractivity (Wildman–Crippen MR) is 28.3 cm³/mol. The van der Waals surface area contributed by atoms with Crippen LogP contribution in [-0.4, -0.2) is 18.0 Å². The Labute approximate surface area is 177 Å². The van der Waals surface area contributed by atoms with Gasteiger partial charge < -0.3 is 14.9 Å². The van der Waals surface area contributed by atoms with E-state index in [2.05, 4.69) is 9.05 Å². The summed E-state index contributed by atoms with van der Waals surface area (Å²) >= 11 is 0. The minimum atomic E-state index is -3.20. The van der Waals surface area contributed by atoms with Gasteiger partial charge in [-0.2, -0.15) is 0 Å². The summed E-state index contributed by atoms with van der Waals surface area (Å²) in [6.45, 7) is -0.734. The van der Waals surface area contributed by atoms with Gasteiger partial charge in [-0.1, -0.05) is 0 Å². The first kappa shape index (κ1) is 31.4. The molecule has 3 unspecified atom stereocenters. The molecule has 15 heavy (non-hydrogen) atoms. The van der Waals surface area contributed by atoms with Crippen molar-refractivity contribution < 1.29 is 151 Å². The zero-order chi connectivity index (χ0) is 8.85. The molecule has 64 valence electrons. The third-order valence-electron chi connectivity index (χ3n) is 0.530. The maximum absolute atomic E-state index is 9.70. The van der Waals surface area contributed by atoms with Gasteiger partial charge in [-0.05, 0) is 9.13 Å². The molecule has 0 aliphatic rings. The summed E-state index contributed by atoms with van der Waals surface area (Å²) in [5, 5.41) is 8.47. The van der Waals surface area contributed by atoms with E-state index in [1.807, 2.05) is 0 Å². The quantitative estimate of drug-likeness (QED) is 0.304. The predicted octanol–water partition coefficient (Wildman–Crippen LogP) is -13.6. The van der Waals surface area contributed by atoms with Crippen molar-refractivity contribution in [3.05, 3.63) is 0 Å². The van der Waals surface area contributed by atoms with E-state index in [9.17, 15) is 18.9 Å². The molecule has 0 rings (SSSR count). The molecule has 7 nitrogen and oxygen atoms in total. The first-order valence-corrected chi connectivity index (χ1v) is 4.48. The Morgan fingerprint density at radius 2 is 1.47 bits per heavy atom. The van der Waals surface area contributed by atoms with Gasteiger partial charge >= 0.3 is 135 Å². The van der Waals surface area contributed by atoms with Gasteiger partial charge in [0.2, 0.25) is 6.29 Å². The molecule has 0 amide bonds. The van der Waals surface area contributed by atoms with E-state index in [1.54, 1.807) is 0 Å². The molecule has 0 aromatic heterocycles. The molecule has 0 bridgehead atoms. The summed E-state index contributed by atoms with van der Waals surface area (Å²) in [5.74, 6) is 0. The van der Waals surface area contributed by atoms with Crippen LogP contribution in [0, 0.1) is 0 Å². The number of aliphatic hydroxyl groups is 1. The summed E-state index contributed by atoms with van der Waals surface area (Å²) in [6.07, 6.45) is -1.77. The van der Waals surface area contributed by atoms with Crippen LogP contribution in [0.2, 0.25) is 0 Å². The van der Waals surface area contributed by atoms with Crippen molar-refractivity contribution in [2.24, 2.45) is 0 Å². The molecule has 0 aromatic rings. The first-order valence-electron chi connectivity index (χ1n) is 2.29. The van der Waals surface area contributed by atoms with Gasteiger partial charge in [-0.3, -0.25) is 0 Å². The van der Waals surface area contributed by atoms with Crippen molar-refractivity contribution in [3.8, 4) is 0 Å². The molecule has 0 aliphatic carbocycles. The van der Waals surface area contributed by atoms with Gasteiger partial charge in [0, 0.05) is 0 Å². The molecule has 0 spiro atoms. The maximum Gasteiger partial charge on any atom is 1.00 e. The van der Waals surface area contributed by atoms with Gasteiger partial charge in [-0.15, -0.1) is 9.05 Å². The Balaban J connectivity index is -0.0000000833. The fourth-order valence-corrected chi connectivity index (χ4v) is 0.763. The SMILES string of the molecule is O=[P+]([O-])OCC(O)O[P+](=O)[O-].[Na+].[Na+].[Na+].[Na+]. The molecule has 0 aromatic carbocycles. The van der Waals surface area contributed by atoms with Crippen molar-refractivity contribution in [1.29, 1.82) is 0 Å². The van der Waals surface area contributed by atoms with Gasteiger partial charge in [0.05, 0.1) is 0 Å². The van der Waals surface area contributed by atoms with Crippen LogP contribution in [0.3, 0.4) is 0 Å². The zero-order valence-corrected chi connectivity index (χ0v) is 18.9. The largest absolute Gasteiger partial charge is 1.00 e. The molecular formula is C2H4Na4O7P2+4. The van der Waals surface area contributed by atoms with E-state index in [-0.39, 0.29) is 118 Å². The monoisotopic (exact) mass is 294 g/mol. The second kappa shape index (κ2) is 20.3. The number of hydrogen-bond acceptors (Lipinski definition) is 7. The van der Waals surface area contributed by atoms with Crippen LogP contribution >= 0.6 is 16.5 Å². The molecule has 0 fully saturated rings. The first-order chi connectivity index (χ1) is 5.02. The molecule has 13 heteroatoms. The van der Waals surface area contributed by atoms with Gasteiger partial charge in [0.25, 0.3) is 0 Å². The van der Waals surface area contributed by atoms with Crippen molar-refractivity contribution in [2.45, 2.75) is 6.29 Å². The minimum Gasteiger partial charge on any atom is -0.566 e. The Morgan fingerprint density at radius 3 is 1.73 bits per heavy atom. The average molecular weight is 294 g/mol. The van der Waals surface area contributed by atoms with E-state index in [4.69, 9.17) is 5.11 Å². The summed E-state index contributed by atoms with van der Waals surface area (Å²) in [4.78, 5) is 19.4. The average Bonchev–Trinajstić information content (AvgIpc) is 1.82. The molecule has 0 saturated heterocycles. The summed E-state index contributed by atoms with van der Waals surface area (Å²) < 4.78 is 26.9. The van der Waals surface area contributed by atoms with Crippen molar-refractivity contribution in [1.82, 2.24) is 0 Å². The van der Waals surface area contributed by atoms with Crippen molar-refractivity contribution in [3.63, 3.8) is 0 Å². The standard InChI is InChI=1S/C2H4O7P2.4Na/c3-2(9-11(6)7)1-8-10(4)5;;;;/h2-3H,1H2;;;;/q;4*+1. The van der Waals surface area contributed by atoms with Crippen LogP contribution in [0.5, 0.6) is 0 Å². The van der Waals surface area contributed by atoms with E-state index in [0.717, 1.165) is 0 Å². The van der Waals surface area contributed by atoms with Crippen molar-refractivity contribution >= 4 is 16.5 Å².